The maximum Gasteiger partial charge on any atom is 0.109 e. The van der Waals surface area contributed by atoms with E-state index in [4.69, 9.17) is 5.73 Å². The highest BCUT2D eigenvalue weighted by atomic mass is 15.3. The molecule has 2 N–H and O–H groups in total. The summed E-state index contributed by atoms with van der Waals surface area (Å²) in [5.74, 6) is 1.10. The van der Waals surface area contributed by atoms with Crippen molar-refractivity contribution in [1.82, 2.24) is 19.3 Å². The molecule has 2 heterocycles. The van der Waals surface area contributed by atoms with E-state index in [1.165, 1.54) is 5.69 Å². The highest BCUT2D eigenvalue weighted by Crippen LogP contribution is 2.20. The number of nitrogen functional groups attached to an aromatic ring is 1. The Morgan fingerprint density at radius 2 is 2.10 bits per heavy atom. The van der Waals surface area contributed by atoms with Gasteiger partial charge in [-0.1, -0.05) is 6.92 Å². The van der Waals surface area contributed by atoms with Gasteiger partial charge in [-0.3, -0.25) is 4.68 Å². The van der Waals surface area contributed by atoms with E-state index in [-0.39, 0.29) is 0 Å². The van der Waals surface area contributed by atoms with Crippen LogP contribution in [-0.2, 0) is 26.4 Å². The fourth-order valence-corrected chi connectivity index (χ4v) is 2.59. The van der Waals surface area contributed by atoms with Gasteiger partial charge in [0.2, 0.25) is 0 Å². The molecule has 0 atom stereocenters. The lowest BCUT2D eigenvalue weighted by Crippen LogP contribution is -2.08. The van der Waals surface area contributed by atoms with Gasteiger partial charge in [0.25, 0.3) is 0 Å². The molecule has 0 aliphatic heterocycles. The molecule has 2 aromatic heterocycles. The molecule has 0 bridgehead atoms. The first-order chi connectivity index (χ1) is 9.69. The van der Waals surface area contributed by atoms with Crippen molar-refractivity contribution in [2.75, 3.05) is 5.73 Å². The highest BCUT2D eigenvalue weighted by molar-refractivity contribution is 5.79. The lowest BCUT2D eigenvalue weighted by Gasteiger charge is -2.08. The summed E-state index contributed by atoms with van der Waals surface area (Å²) < 4.78 is 4.20. The summed E-state index contributed by atoms with van der Waals surface area (Å²) in [6.07, 6.45) is 3.70. The molecule has 0 saturated heterocycles. The van der Waals surface area contributed by atoms with Gasteiger partial charge in [0.15, 0.2) is 0 Å². The highest BCUT2D eigenvalue weighted by Gasteiger charge is 2.10. The maximum absolute atomic E-state index is 5.83. The minimum absolute atomic E-state index is 0.761. The van der Waals surface area contributed by atoms with Crippen molar-refractivity contribution in [2.45, 2.75) is 26.3 Å². The third kappa shape index (κ3) is 2.15. The zero-order valence-electron chi connectivity index (χ0n) is 11.9. The summed E-state index contributed by atoms with van der Waals surface area (Å²) in [4.78, 5) is 4.67. The fourth-order valence-electron chi connectivity index (χ4n) is 2.59. The third-order valence-corrected chi connectivity index (χ3v) is 3.68. The molecule has 0 aliphatic carbocycles. The standard InChI is InChI=1S/C15H19N5/c1-3-15-18-13-10-11(16)4-5-14(13)20(15)9-7-12-6-8-17-19(12)2/h4-6,8,10H,3,7,9,16H2,1-2H3. The van der Waals surface area contributed by atoms with Crippen LogP contribution >= 0.6 is 0 Å². The van der Waals surface area contributed by atoms with Gasteiger partial charge in [-0.05, 0) is 24.3 Å². The molecule has 5 nitrogen and oxygen atoms in total. The Morgan fingerprint density at radius 3 is 2.80 bits per heavy atom. The lowest BCUT2D eigenvalue weighted by molar-refractivity contribution is 0.627. The number of rotatable bonds is 4. The van der Waals surface area contributed by atoms with Crippen molar-refractivity contribution in [3.8, 4) is 0 Å². The lowest BCUT2D eigenvalue weighted by atomic mass is 10.2. The summed E-state index contributed by atoms with van der Waals surface area (Å²) in [5.41, 5.74) is 9.95. The number of hydrogen-bond donors (Lipinski definition) is 1. The summed E-state index contributed by atoms with van der Waals surface area (Å²) in [5, 5.41) is 4.21. The normalized spacial score (nSPS) is 11.3. The van der Waals surface area contributed by atoms with Crippen molar-refractivity contribution in [3.63, 3.8) is 0 Å². The average Bonchev–Trinajstić information content (AvgIpc) is 2.99. The molecule has 20 heavy (non-hydrogen) atoms. The van der Waals surface area contributed by atoms with E-state index >= 15 is 0 Å². The predicted molar refractivity (Wildman–Crippen MR) is 80.4 cm³/mol. The van der Waals surface area contributed by atoms with Crippen molar-refractivity contribution in [2.24, 2.45) is 7.05 Å². The van der Waals surface area contributed by atoms with Crippen LogP contribution in [0.5, 0.6) is 0 Å². The molecule has 0 amide bonds. The molecule has 0 saturated carbocycles. The number of anilines is 1. The molecule has 104 valence electrons. The Morgan fingerprint density at radius 1 is 1.25 bits per heavy atom. The van der Waals surface area contributed by atoms with Crippen molar-refractivity contribution in [3.05, 3.63) is 42.0 Å². The zero-order valence-corrected chi connectivity index (χ0v) is 11.9. The van der Waals surface area contributed by atoms with E-state index in [2.05, 4.69) is 33.7 Å². The second-order valence-corrected chi connectivity index (χ2v) is 4.98. The Labute approximate surface area is 118 Å². The number of aryl methyl sites for hydroxylation is 4. The van der Waals surface area contributed by atoms with Gasteiger partial charge in [-0.25, -0.2) is 4.98 Å². The van der Waals surface area contributed by atoms with Gasteiger partial charge in [0.1, 0.15) is 5.82 Å². The van der Waals surface area contributed by atoms with E-state index < -0.39 is 0 Å². The number of fused-ring (bicyclic) bond motifs is 1. The topological polar surface area (TPSA) is 61.7 Å². The van der Waals surface area contributed by atoms with Crippen molar-refractivity contribution >= 4 is 16.7 Å². The molecule has 0 aliphatic rings. The largest absolute Gasteiger partial charge is 0.399 e. The fraction of sp³-hybridized carbons (Fsp3) is 0.333. The Bertz CT molecular complexity index is 738. The number of nitrogens with two attached hydrogens (primary N) is 1. The van der Waals surface area contributed by atoms with E-state index in [0.717, 1.165) is 41.9 Å². The minimum Gasteiger partial charge on any atom is -0.399 e. The van der Waals surface area contributed by atoms with Crippen LogP contribution in [0.3, 0.4) is 0 Å². The maximum atomic E-state index is 5.83. The average molecular weight is 269 g/mol. The van der Waals surface area contributed by atoms with Crippen LogP contribution < -0.4 is 5.73 Å². The van der Waals surface area contributed by atoms with Crippen LogP contribution in [0.25, 0.3) is 11.0 Å². The van der Waals surface area contributed by atoms with Crippen LogP contribution in [0.15, 0.2) is 30.5 Å². The first kappa shape index (κ1) is 12.7. The predicted octanol–water partition coefficient (Wildman–Crippen LogP) is 2.16. The Kier molecular flexibility index (Phi) is 3.18. The van der Waals surface area contributed by atoms with Gasteiger partial charge < -0.3 is 10.3 Å². The Hall–Kier alpha value is -2.30. The van der Waals surface area contributed by atoms with Crippen LogP contribution in [-0.4, -0.2) is 19.3 Å². The summed E-state index contributed by atoms with van der Waals surface area (Å²) in [6.45, 7) is 3.04. The second kappa shape index (κ2) is 5.00. The van der Waals surface area contributed by atoms with E-state index in [0.29, 0.717) is 0 Å². The van der Waals surface area contributed by atoms with Crippen molar-refractivity contribution in [1.29, 1.82) is 0 Å². The molecular weight excluding hydrogens is 250 g/mol. The number of hydrogen-bond acceptors (Lipinski definition) is 3. The van der Waals surface area contributed by atoms with Gasteiger partial charge >= 0.3 is 0 Å². The molecule has 0 unspecified atom stereocenters. The molecule has 3 aromatic rings. The SMILES string of the molecule is CCc1nc2cc(N)ccc2n1CCc1ccnn1C. The summed E-state index contributed by atoms with van der Waals surface area (Å²) in [7, 11) is 1.97. The quantitative estimate of drug-likeness (QED) is 0.738. The van der Waals surface area contributed by atoms with Crippen LogP contribution in [0.1, 0.15) is 18.4 Å². The van der Waals surface area contributed by atoms with E-state index in [1.807, 2.05) is 30.1 Å². The van der Waals surface area contributed by atoms with Gasteiger partial charge in [0, 0.05) is 44.0 Å². The molecule has 3 rings (SSSR count). The molecular formula is C15H19N5. The molecule has 1 aromatic carbocycles. The summed E-state index contributed by atoms with van der Waals surface area (Å²) in [6, 6.07) is 7.99. The zero-order chi connectivity index (χ0) is 14.1. The van der Waals surface area contributed by atoms with E-state index in [9.17, 15) is 0 Å². The number of nitrogens with zero attached hydrogens (tertiary/aromatic N) is 4. The molecule has 0 radical (unpaired) electrons. The third-order valence-electron chi connectivity index (χ3n) is 3.68. The number of benzene rings is 1. The Balaban J connectivity index is 1.95. The number of aromatic nitrogens is 4. The first-order valence-electron chi connectivity index (χ1n) is 6.90. The molecule has 5 heteroatoms. The minimum atomic E-state index is 0.761. The van der Waals surface area contributed by atoms with Gasteiger partial charge in [-0.2, -0.15) is 5.10 Å². The van der Waals surface area contributed by atoms with Gasteiger partial charge in [-0.15, -0.1) is 0 Å². The van der Waals surface area contributed by atoms with Gasteiger partial charge in [0.05, 0.1) is 11.0 Å². The van der Waals surface area contributed by atoms with Crippen LogP contribution in [0, 0.1) is 0 Å². The van der Waals surface area contributed by atoms with E-state index in [1.54, 1.807) is 0 Å². The monoisotopic (exact) mass is 269 g/mol. The van der Waals surface area contributed by atoms with Crippen LogP contribution in [0.2, 0.25) is 0 Å². The first-order valence-corrected chi connectivity index (χ1v) is 6.90. The smallest absolute Gasteiger partial charge is 0.109 e. The molecule has 0 fully saturated rings. The number of imidazole rings is 1. The van der Waals surface area contributed by atoms with Crippen LogP contribution in [0.4, 0.5) is 5.69 Å². The molecule has 0 spiro atoms. The van der Waals surface area contributed by atoms with Crippen molar-refractivity contribution < 1.29 is 0 Å². The second-order valence-electron chi connectivity index (χ2n) is 4.98. The summed E-state index contributed by atoms with van der Waals surface area (Å²) >= 11 is 0.